The van der Waals surface area contributed by atoms with Gasteiger partial charge in [0.25, 0.3) is 5.56 Å². The van der Waals surface area contributed by atoms with E-state index in [4.69, 9.17) is 21.4 Å². The maximum Gasteiger partial charge on any atom is 0.344 e. The molecule has 0 amide bonds. The number of halogens is 2. The number of aromatic nitrogens is 2. The van der Waals surface area contributed by atoms with Gasteiger partial charge in [0.1, 0.15) is 5.82 Å². The van der Waals surface area contributed by atoms with E-state index in [1.54, 1.807) is 25.1 Å². The van der Waals surface area contributed by atoms with Crippen molar-refractivity contribution in [1.29, 1.82) is 0 Å². The van der Waals surface area contributed by atoms with Crippen LogP contribution in [0.3, 0.4) is 0 Å². The van der Waals surface area contributed by atoms with Crippen molar-refractivity contribution in [3.8, 4) is 5.75 Å². The number of hydrogen-bond donors (Lipinski definition) is 1. The second kappa shape index (κ2) is 8.82. The first-order valence-corrected chi connectivity index (χ1v) is 9.86. The monoisotopic (exact) mass is 508 g/mol. The highest BCUT2D eigenvalue weighted by Gasteiger charge is 2.25. The number of carboxylic acid groups (broad SMARTS) is 1. The highest BCUT2D eigenvalue weighted by Crippen LogP contribution is 2.34. The SMILES string of the molecule is Cc1nc2ccc(Br)cc2c(=O)n1N=Cc1cc(Cl)cc([N+](=O)[O-])c1O[C@@H](C)C(=O)O. The van der Waals surface area contributed by atoms with Gasteiger partial charge in [0.15, 0.2) is 6.10 Å². The van der Waals surface area contributed by atoms with Crippen LogP contribution in [0.4, 0.5) is 5.69 Å². The molecule has 160 valence electrons. The summed E-state index contributed by atoms with van der Waals surface area (Å²) in [6.07, 6.45) is -0.251. The Hall–Kier alpha value is -3.31. The van der Waals surface area contributed by atoms with Crippen molar-refractivity contribution in [2.45, 2.75) is 20.0 Å². The van der Waals surface area contributed by atoms with Gasteiger partial charge < -0.3 is 9.84 Å². The molecule has 12 heteroatoms. The molecule has 0 fully saturated rings. The highest BCUT2D eigenvalue weighted by atomic mass is 79.9. The summed E-state index contributed by atoms with van der Waals surface area (Å²) >= 11 is 9.28. The lowest BCUT2D eigenvalue weighted by molar-refractivity contribution is -0.386. The lowest BCUT2D eigenvalue weighted by Crippen LogP contribution is -2.24. The number of nitrogens with zero attached hydrogens (tertiary/aromatic N) is 4. The lowest BCUT2D eigenvalue weighted by atomic mass is 10.2. The molecule has 0 bridgehead atoms. The van der Waals surface area contributed by atoms with Crippen LogP contribution in [0.2, 0.25) is 5.02 Å². The standard InChI is InChI=1S/C19H14BrClN4O6/c1-9(19(27)28)31-17-11(5-13(21)7-16(17)25(29)30)8-22-24-10(2)23-15-4-3-12(20)6-14(15)18(24)26/h3-9H,1-2H3,(H,27,28)/t9-/m0/s1. The summed E-state index contributed by atoms with van der Waals surface area (Å²) in [5, 5.41) is 25.0. The Kier molecular flexibility index (Phi) is 6.37. The normalized spacial score (nSPS) is 12.3. The zero-order valence-corrected chi connectivity index (χ0v) is 18.4. The van der Waals surface area contributed by atoms with Gasteiger partial charge in [-0.05, 0) is 38.1 Å². The second-order valence-electron chi connectivity index (χ2n) is 6.38. The zero-order valence-electron chi connectivity index (χ0n) is 16.1. The van der Waals surface area contributed by atoms with Crippen LogP contribution in [0.1, 0.15) is 18.3 Å². The van der Waals surface area contributed by atoms with E-state index in [1.165, 1.54) is 13.0 Å². The molecule has 1 aromatic heterocycles. The van der Waals surface area contributed by atoms with Crippen molar-refractivity contribution in [2.75, 3.05) is 0 Å². The van der Waals surface area contributed by atoms with Crippen LogP contribution in [-0.2, 0) is 4.79 Å². The summed E-state index contributed by atoms with van der Waals surface area (Å²) in [4.78, 5) is 39.1. The van der Waals surface area contributed by atoms with Gasteiger partial charge >= 0.3 is 11.7 Å². The Morgan fingerprint density at radius 2 is 2.13 bits per heavy atom. The zero-order chi connectivity index (χ0) is 22.9. The predicted octanol–water partition coefficient (Wildman–Crippen LogP) is 3.76. The van der Waals surface area contributed by atoms with Gasteiger partial charge in [0, 0.05) is 21.1 Å². The first kappa shape index (κ1) is 22.4. The minimum atomic E-state index is -1.38. The molecule has 3 rings (SSSR count). The van der Waals surface area contributed by atoms with Crippen molar-refractivity contribution >= 4 is 56.3 Å². The molecule has 0 spiro atoms. The number of aliphatic carboxylic acids is 1. The van der Waals surface area contributed by atoms with Gasteiger partial charge in [-0.2, -0.15) is 9.78 Å². The van der Waals surface area contributed by atoms with Crippen molar-refractivity contribution < 1.29 is 19.6 Å². The minimum Gasteiger partial charge on any atom is -0.479 e. The summed E-state index contributed by atoms with van der Waals surface area (Å²) in [5.74, 6) is -1.38. The Morgan fingerprint density at radius 3 is 2.77 bits per heavy atom. The number of ether oxygens (including phenoxy) is 1. The van der Waals surface area contributed by atoms with Gasteiger partial charge in [-0.25, -0.2) is 9.78 Å². The van der Waals surface area contributed by atoms with Crippen LogP contribution in [-0.4, -0.2) is 38.0 Å². The molecule has 0 aliphatic rings. The summed E-state index contributed by atoms with van der Waals surface area (Å²) in [6.45, 7) is 2.80. The third kappa shape index (κ3) is 4.72. The summed E-state index contributed by atoms with van der Waals surface area (Å²) in [7, 11) is 0. The van der Waals surface area contributed by atoms with Crippen molar-refractivity contribution in [3.63, 3.8) is 0 Å². The smallest absolute Gasteiger partial charge is 0.344 e. The molecule has 0 saturated carbocycles. The maximum absolute atomic E-state index is 12.9. The molecule has 1 heterocycles. The molecule has 0 aliphatic heterocycles. The summed E-state index contributed by atoms with van der Waals surface area (Å²) in [6, 6.07) is 7.38. The number of carboxylic acids is 1. The average Bonchev–Trinajstić information content (AvgIpc) is 2.69. The van der Waals surface area contributed by atoms with E-state index in [9.17, 15) is 19.7 Å². The first-order chi connectivity index (χ1) is 14.6. The molecular weight excluding hydrogens is 496 g/mol. The van der Waals surface area contributed by atoms with E-state index in [0.717, 1.165) is 17.0 Å². The van der Waals surface area contributed by atoms with Gasteiger partial charge in [-0.1, -0.05) is 27.5 Å². The van der Waals surface area contributed by atoms with E-state index in [2.05, 4.69) is 26.0 Å². The van der Waals surface area contributed by atoms with E-state index in [0.29, 0.717) is 15.4 Å². The number of nitro benzene ring substituents is 1. The van der Waals surface area contributed by atoms with Gasteiger partial charge in [-0.3, -0.25) is 14.9 Å². The van der Waals surface area contributed by atoms with Crippen LogP contribution in [0, 0.1) is 17.0 Å². The highest BCUT2D eigenvalue weighted by molar-refractivity contribution is 9.10. The Morgan fingerprint density at radius 1 is 1.42 bits per heavy atom. The van der Waals surface area contributed by atoms with Crippen LogP contribution in [0.25, 0.3) is 10.9 Å². The van der Waals surface area contributed by atoms with Gasteiger partial charge in [-0.15, -0.1) is 0 Å². The minimum absolute atomic E-state index is 0.00751. The molecule has 2 aromatic carbocycles. The maximum atomic E-state index is 12.9. The molecule has 10 nitrogen and oxygen atoms in total. The fraction of sp³-hybridized carbons (Fsp3) is 0.158. The molecule has 1 N–H and O–H groups in total. The fourth-order valence-electron chi connectivity index (χ4n) is 2.70. The Bertz CT molecular complexity index is 1310. The number of aryl methyl sites for hydroxylation is 1. The van der Waals surface area contributed by atoms with E-state index in [1.807, 2.05) is 0 Å². The molecule has 0 saturated heterocycles. The molecule has 0 radical (unpaired) electrons. The molecular formula is C19H14BrClN4O6. The van der Waals surface area contributed by atoms with Crippen LogP contribution < -0.4 is 10.3 Å². The summed E-state index contributed by atoms with van der Waals surface area (Å²) in [5.41, 5.74) is -0.493. The van der Waals surface area contributed by atoms with Gasteiger partial charge in [0.2, 0.25) is 5.75 Å². The van der Waals surface area contributed by atoms with Crippen LogP contribution in [0.15, 0.2) is 44.7 Å². The number of fused-ring (bicyclic) bond motifs is 1. The quantitative estimate of drug-likeness (QED) is 0.303. The molecule has 0 unspecified atom stereocenters. The second-order valence-corrected chi connectivity index (χ2v) is 7.73. The number of carbonyl (C=O) groups is 1. The largest absolute Gasteiger partial charge is 0.479 e. The van der Waals surface area contributed by atoms with Crippen LogP contribution >= 0.6 is 27.5 Å². The van der Waals surface area contributed by atoms with Crippen LogP contribution in [0.5, 0.6) is 5.75 Å². The summed E-state index contributed by atoms with van der Waals surface area (Å²) < 4.78 is 6.99. The average molecular weight is 510 g/mol. The molecule has 3 aromatic rings. The number of rotatable bonds is 6. The first-order valence-electron chi connectivity index (χ1n) is 8.69. The molecule has 31 heavy (non-hydrogen) atoms. The lowest BCUT2D eigenvalue weighted by Gasteiger charge is -2.13. The number of hydrogen-bond acceptors (Lipinski definition) is 7. The topological polar surface area (TPSA) is 137 Å². The predicted molar refractivity (Wildman–Crippen MR) is 117 cm³/mol. The number of benzene rings is 2. The Balaban J connectivity index is 2.17. The number of nitro groups is 1. The van der Waals surface area contributed by atoms with Gasteiger partial charge in [0.05, 0.1) is 22.0 Å². The van der Waals surface area contributed by atoms with Crippen molar-refractivity contribution in [2.24, 2.45) is 5.10 Å². The van der Waals surface area contributed by atoms with Crippen molar-refractivity contribution in [3.05, 3.63) is 71.7 Å². The third-order valence-corrected chi connectivity index (χ3v) is 4.90. The molecule has 1 atom stereocenters. The van der Waals surface area contributed by atoms with E-state index < -0.39 is 28.2 Å². The molecule has 0 aliphatic carbocycles. The van der Waals surface area contributed by atoms with E-state index >= 15 is 0 Å². The van der Waals surface area contributed by atoms with Crippen molar-refractivity contribution in [1.82, 2.24) is 9.66 Å². The third-order valence-electron chi connectivity index (χ3n) is 4.18. The van der Waals surface area contributed by atoms with E-state index in [-0.39, 0.29) is 22.2 Å². The fourth-order valence-corrected chi connectivity index (χ4v) is 3.28. The Labute approximate surface area is 188 Å².